The van der Waals surface area contributed by atoms with Gasteiger partial charge in [-0.1, -0.05) is 29.8 Å². The van der Waals surface area contributed by atoms with E-state index in [0.29, 0.717) is 25.2 Å². The van der Waals surface area contributed by atoms with E-state index in [1.807, 2.05) is 44.2 Å². The molecule has 4 rings (SSSR count). The smallest absolute Gasteiger partial charge is 0.294 e. The van der Waals surface area contributed by atoms with Crippen LogP contribution in [0.25, 0.3) is 5.69 Å². The van der Waals surface area contributed by atoms with Gasteiger partial charge in [0.25, 0.3) is 11.8 Å². The fourth-order valence-electron chi connectivity index (χ4n) is 3.70. The van der Waals surface area contributed by atoms with Crippen molar-refractivity contribution in [3.05, 3.63) is 77.1 Å². The summed E-state index contributed by atoms with van der Waals surface area (Å²) in [6.45, 7) is 4.74. The Balaban J connectivity index is 1.49. The average Bonchev–Trinajstić information content (AvgIpc) is 3.25. The van der Waals surface area contributed by atoms with Gasteiger partial charge < -0.3 is 9.80 Å². The van der Waals surface area contributed by atoms with Gasteiger partial charge in [0.1, 0.15) is 12.1 Å². The van der Waals surface area contributed by atoms with Gasteiger partial charge in [0.15, 0.2) is 0 Å². The van der Waals surface area contributed by atoms with Crippen LogP contribution in [0.3, 0.4) is 0 Å². The summed E-state index contributed by atoms with van der Waals surface area (Å²) in [5, 5.41) is 4.23. The van der Waals surface area contributed by atoms with Crippen molar-refractivity contribution in [1.29, 1.82) is 0 Å². The lowest BCUT2D eigenvalue weighted by molar-refractivity contribution is 0.0160. The summed E-state index contributed by atoms with van der Waals surface area (Å²) in [6, 6.07) is 13.3. The molecule has 9 heteroatoms. The Bertz CT molecular complexity index is 1130. The van der Waals surface area contributed by atoms with Crippen LogP contribution in [0.15, 0.2) is 54.9 Å². The van der Waals surface area contributed by atoms with E-state index in [-0.39, 0.29) is 22.7 Å². The molecule has 1 aliphatic rings. The van der Waals surface area contributed by atoms with E-state index in [1.54, 1.807) is 14.5 Å². The van der Waals surface area contributed by atoms with Crippen molar-refractivity contribution in [2.75, 3.05) is 19.6 Å². The van der Waals surface area contributed by atoms with Crippen LogP contribution in [0.5, 0.6) is 0 Å². The van der Waals surface area contributed by atoms with E-state index in [0.717, 1.165) is 5.69 Å². The van der Waals surface area contributed by atoms with Crippen LogP contribution < -0.4 is 0 Å². The van der Waals surface area contributed by atoms with Gasteiger partial charge in [-0.2, -0.15) is 0 Å². The highest BCUT2D eigenvalue weighted by molar-refractivity contribution is 6.31. The first kappa shape index (κ1) is 21.0. The van der Waals surface area contributed by atoms with Gasteiger partial charge in [-0.05, 0) is 44.2 Å². The Hall–Kier alpha value is -3.26. The minimum atomic E-state index is -0.646. The maximum absolute atomic E-state index is 13.4. The van der Waals surface area contributed by atoms with Gasteiger partial charge in [0, 0.05) is 25.2 Å². The minimum absolute atomic E-state index is 0.0981. The van der Waals surface area contributed by atoms with Crippen molar-refractivity contribution in [2.24, 2.45) is 0 Å². The second kappa shape index (κ2) is 8.11. The molecule has 2 amide bonds. The number of carbonyl (C=O) groups is 2. The number of halogens is 2. The molecule has 3 aromatic rings. The van der Waals surface area contributed by atoms with Crippen molar-refractivity contribution in [2.45, 2.75) is 19.4 Å². The largest absolute Gasteiger partial charge is 0.335 e. The number of amides is 2. The maximum atomic E-state index is 13.4. The molecular weight excluding hydrogens is 421 g/mol. The zero-order chi connectivity index (χ0) is 22.2. The van der Waals surface area contributed by atoms with Crippen LogP contribution >= 0.6 is 11.6 Å². The number of hydrogen-bond acceptors (Lipinski definition) is 4. The van der Waals surface area contributed by atoms with Crippen LogP contribution in [-0.2, 0) is 0 Å². The first-order valence-corrected chi connectivity index (χ1v) is 10.2. The summed E-state index contributed by atoms with van der Waals surface area (Å²) in [7, 11) is 0. The SMILES string of the molecule is CC1(C)CN(C(=O)c2ccc(F)c(Cl)c2)CCN1C(=O)c1ncn(-c2ccccc2)n1. The zero-order valence-electron chi connectivity index (χ0n) is 17.1. The predicted octanol–water partition coefficient (Wildman–Crippen LogP) is 3.44. The minimum Gasteiger partial charge on any atom is -0.335 e. The molecular formula is C22H21ClFN5O2. The lowest BCUT2D eigenvalue weighted by Crippen LogP contribution is -2.62. The molecule has 0 bridgehead atoms. The van der Waals surface area contributed by atoms with Gasteiger partial charge >= 0.3 is 0 Å². The van der Waals surface area contributed by atoms with Crippen LogP contribution in [0.2, 0.25) is 5.02 Å². The van der Waals surface area contributed by atoms with E-state index in [2.05, 4.69) is 10.1 Å². The molecule has 160 valence electrons. The Kier molecular flexibility index (Phi) is 5.49. The van der Waals surface area contributed by atoms with Crippen molar-refractivity contribution in [3.63, 3.8) is 0 Å². The molecule has 0 radical (unpaired) electrons. The second-order valence-electron chi connectivity index (χ2n) is 7.97. The molecule has 0 unspecified atom stereocenters. The van der Waals surface area contributed by atoms with E-state index in [1.165, 1.54) is 24.5 Å². The number of nitrogens with zero attached hydrogens (tertiary/aromatic N) is 5. The summed E-state index contributed by atoms with van der Waals surface area (Å²) >= 11 is 5.82. The summed E-state index contributed by atoms with van der Waals surface area (Å²) in [5.74, 6) is -1.02. The third-order valence-corrected chi connectivity index (χ3v) is 5.59. The third kappa shape index (κ3) is 4.16. The zero-order valence-corrected chi connectivity index (χ0v) is 17.9. The Morgan fingerprint density at radius 1 is 1.06 bits per heavy atom. The highest BCUT2D eigenvalue weighted by Crippen LogP contribution is 2.25. The standard InChI is InChI=1S/C22H21ClFN5O2/c1-22(2)13-27(20(30)15-8-9-18(24)17(23)12-15)10-11-28(22)21(31)19-25-14-29(26-19)16-6-4-3-5-7-16/h3-9,12,14H,10-11,13H2,1-2H3. The topological polar surface area (TPSA) is 71.3 Å². The van der Waals surface area contributed by atoms with Gasteiger partial charge in [-0.15, -0.1) is 5.10 Å². The lowest BCUT2D eigenvalue weighted by atomic mass is 9.97. The summed E-state index contributed by atoms with van der Waals surface area (Å²) in [6.07, 6.45) is 1.51. The number of aromatic nitrogens is 3. The van der Waals surface area contributed by atoms with E-state index >= 15 is 0 Å². The van der Waals surface area contributed by atoms with Gasteiger partial charge in [0.05, 0.1) is 16.2 Å². The number of carbonyl (C=O) groups excluding carboxylic acids is 2. The van der Waals surface area contributed by atoms with Crippen molar-refractivity contribution in [1.82, 2.24) is 24.6 Å². The predicted molar refractivity (Wildman–Crippen MR) is 114 cm³/mol. The molecule has 1 aromatic heterocycles. The highest BCUT2D eigenvalue weighted by atomic mass is 35.5. The van der Waals surface area contributed by atoms with Gasteiger partial charge in [0.2, 0.25) is 5.82 Å². The quantitative estimate of drug-likeness (QED) is 0.624. The van der Waals surface area contributed by atoms with Gasteiger partial charge in [-0.25, -0.2) is 14.1 Å². The number of rotatable bonds is 3. The lowest BCUT2D eigenvalue weighted by Gasteiger charge is -2.46. The van der Waals surface area contributed by atoms with E-state index in [4.69, 9.17) is 11.6 Å². The molecule has 31 heavy (non-hydrogen) atoms. The maximum Gasteiger partial charge on any atom is 0.294 e. The van der Waals surface area contributed by atoms with Crippen LogP contribution in [0.4, 0.5) is 4.39 Å². The molecule has 1 saturated heterocycles. The Labute approximate surface area is 184 Å². The molecule has 1 fully saturated rings. The molecule has 7 nitrogen and oxygen atoms in total. The fourth-order valence-corrected chi connectivity index (χ4v) is 3.88. The summed E-state index contributed by atoms with van der Waals surface area (Å²) in [4.78, 5) is 33.5. The molecule has 1 aliphatic heterocycles. The third-order valence-electron chi connectivity index (χ3n) is 5.30. The first-order valence-electron chi connectivity index (χ1n) is 9.80. The molecule has 0 spiro atoms. The van der Waals surface area contributed by atoms with Crippen molar-refractivity contribution in [3.8, 4) is 5.69 Å². The first-order chi connectivity index (χ1) is 14.8. The van der Waals surface area contributed by atoms with Crippen LogP contribution in [0, 0.1) is 5.82 Å². The molecule has 0 N–H and O–H groups in total. The van der Waals surface area contributed by atoms with Crippen molar-refractivity contribution < 1.29 is 14.0 Å². The number of benzene rings is 2. The Morgan fingerprint density at radius 3 is 2.48 bits per heavy atom. The van der Waals surface area contributed by atoms with E-state index in [9.17, 15) is 14.0 Å². The van der Waals surface area contributed by atoms with Crippen molar-refractivity contribution >= 4 is 23.4 Å². The Morgan fingerprint density at radius 2 is 1.81 bits per heavy atom. The number of hydrogen-bond donors (Lipinski definition) is 0. The molecule has 0 aliphatic carbocycles. The van der Waals surface area contributed by atoms with Crippen LogP contribution in [0.1, 0.15) is 34.8 Å². The molecule has 2 aromatic carbocycles. The van der Waals surface area contributed by atoms with Crippen LogP contribution in [-0.4, -0.2) is 61.6 Å². The molecule has 2 heterocycles. The molecule has 0 atom stereocenters. The monoisotopic (exact) mass is 441 g/mol. The number of piperazine rings is 1. The average molecular weight is 442 g/mol. The second-order valence-corrected chi connectivity index (χ2v) is 8.38. The fraction of sp³-hybridized carbons (Fsp3) is 0.273. The highest BCUT2D eigenvalue weighted by Gasteiger charge is 2.40. The van der Waals surface area contributed by atoms with Gasteiger partial charge in [-0.3, -0.25) is 9.59 Å². The normalized spacial score (nSPS) is 15.7. The van der Waals surface area contributed by atoms with E-state index < -0.39 is 11.4 Å². The number of para-hydroxylation sites is 1. The summed E-state index contributed by atoms with van der Waals surface area (Å²) < 4.78 is 15.0. The summed E-state index contributed by atoms with van der Waals surface area (Å²) in [5.41, 5.74) is 0.472. The molecule has 0 saturated carbocycles.